The summed E-state index contributed by atoms with van der Waals surface area (Å²) >= 11 is 5.74. The number of carboxylic acids is 1. The molecular formula is C10H6ClNO4. The molecule has 0 saturated heterocycles. The van der Waals surface area contributed by atoms with E-state index < -0.39 is 5.97 Å². The summed E-state index contributed by atoms with van der Waals surface area (Å²) in [4.78, 5) is 14.1. The van der Waals surface area contributed by atoms with Crippen LogP contribution in [0, 0.1) is 0 Å². The summed E-state index contributed by atoms with van der Waals surface area (Å²) < 4.78 is 9.98. The first-order valence-corrected chi connectivity index (χ1v) is 4.65. The Hall–Kier alpha value is -2.01. The highest BCUT2D eigenvalue weighted by Crippen LogP contribution is 2.23. The second kappa shape index (κ2) is 4.24. The van der Waals surface area contributed by atoms with Crippen LogP contribution in [0.5, 0.6) is 11.8 Å². The van der Waals surface area contributed by atoms with Crippen LogP contribution in [-0.2, 0) is 0 Å². The van der Waals surface area contributed by atoms with E-state index in [0.717, 1.165) is 6.26 Å². The van der Waals surface area contributed by atoms with Crippen LogP contribution in [0.1, 0.15) is 10.5 Å². The molecule has 5 nitrogen and oxygen atoms in total. The van der Waals surface area contributed by atoms with Crippen molar-refractivity contribution in [3.8, 4) is 11.8 Å². The molecule has 1 aromatic heterocycles. The van der Waals surface area contributed by atoms with Crippen molar-refractivity contribution in [1.82, 2.24) is 4.98 Å². The standard InChI is InChI=1S/C10H6ClNO4/c11-6-2-1-3-7(4-6)16-10-12-8(5-15-10)9(13)14/h1-5H,(H,13,14). The van der Waals surface area contributed by atoms with Crippen molar-refractivity contribution in [3.05, 3.63) is 41.2 Å². The molecular weight excluding hydrogens is 234 g/mol. The average molecular weight is 240 g/mol. The van der Waals surface area contributed by atoms with E-state index in [2.05, 4.69) is 4.98 Å². The molecule has 1 aromatic carbocycles. The lowest BCUT2D eigenvalue weighted by Gasteiger charge is -1.99. The highest BCUT2D eigenvalue weighted by atomic mass is 35.5. The SMILES string of the molecule is O=C(O)c1coc(Oc2cccc(Cl)c2)n1. The zero-order chi connectivity index (χ0) is 11.5. The van der Waals surface area contributed by atoms with E-state index in [1.807, 2.05) is 0 Å². The summed E-state index contributed by atoms with van der Waals surface area (Å²) in [5, 5.41) is 9.11. The minimum atomic E-state index is -1.18. The first kappa shape index (κ1) is 10.5. The van der Waals surface area contributed by atoms with Crippen LogP contribution in [-0.4, -0.2) is 16.1 Å². The van der Waals surface area contributed by atoms with E-state index in [0.29, 0.717) is 10.8 Å². The number of aromatic carboxylic acids is 1. The molecule has 2 rings (SSSR count). The van der Waals surface area contributed by atoms with Gasteiger partial charge in [0.25, 0.3) is 0 Å². The molecule has 0 aliphatic rings. The fraction of sp³-hybridized carbons (Fsp3) is 0. The predicted molar refractivity (Wildman–Crippen MR) is 55.0 cm³/mol. The van der Waals surface area contributed by atoms with Gasteiger partial charge < -0.3 is 14.3 Å². The number of hydrogen-bond acceptors (Lipinski definition) is 4. The Labute approximate surface area is 95.2 Å². The lowest BCUT2D eigenvalue weighted by atomic mass is 10.3. The van der Waals surface area contributed by atoms with E-state index in [1.54, 1.807) is 24.3 Å². The lowest BCUT2D eigenvalue weighted by Crippen LogP contribution is -1.95. The van der Waals surface area contributed by atoms with Gasteiger partial charge in [0, 0.05) is 5.02 Å². The van der Waals surface area contributed by atoms with E-state index in [4.69, 9.17) is 25.9 Å². The molecule has 0 bridgehead atoms. The first-order valence-electron chi connectivity index (χ1n) is 4.27. The summed E-state index contributed by atoms with van der Waals surface area (Å²) in [6, 6.07) is 6.59. The molecule has 0 aliphatic heterocycles. The molecule has 0 fully saturated rings. The van der Waals surface area contributed by atoms with Crippen LogP contribution in [0.15, 0.2) is 34.9 Å². The van der Waals surface area contributed by atoms with Crippen molar-refractivity contribution in [1.29, 1.82) is 0 Å². The molecule has 2 aromatic rings. The number of nitrogens with zero attached hydrogens (tertiary/aromatic N) is 1. The van der Waals surface area contributed by atoms with E-state index >= 15 is 0 Å². The molecule has 0 atom stereocenters. The molecule has 82 valence electrons. The van der Waals surface area contributed by atoms with Gasteiger partial charge in [-0.05, 0) is 18.2 Å². The van der Waals surface area contributed by atoms with Crippen LogP contribution in [0.25, 0.3) is 0 Å². The van der Waals surface area contributed by atoms with Gasteiger partial charge in [-0.15, -0.1) is 0 Å². The third-order valence-corrected chi connectivity index (χ3v) is 1.94. The molecule has 1 heterocycles. The summed E-state index contributed by atoms with van der Waals surface area (Å²) in [5.41, 5.74) is -0.211. The Morgan fingerprint density at radius 1 is 1.50 bits per heavy atom. The molecule has 0 radical (unpaired) electrons. The molecule has 0 unspecified atom stereocenters. The molecule has 16 heavy (non-hydrogen) atoms. The summed E-state index contributed by atoms with van der Waals surface area (Å²) in [7, 11) is 0. The molecule has 1 N–H and O–H groups in total. The van der Waals surface area contributed by atoms with Crippen LogP contribution >= 0.6 is 11.6 Å². The fourth-order valence-electron chi connectivity index (χ4n) is 1.03. The van der Waals surface area contributed by atoms with Gasteiger partial charge in [-0.2, -0.15) is 4.98 Å². The second-order valence-corrected chi connectivity index (χ2v) is 3.30. The number of rotatable bonds is 3. The maximum atomic E-state index is 10.5. The fourth-order valence-corrected chi connectivity index (χ4v) is 1.21. The normalized spacial score (nSPS) is 10.1. The highest BCUT2D eigenvalue weighted by molar-refractivity contribution is 6.30. The van der Waals surface area contributed by atoms with Gasteiger partial charge in [0.05, 0.1) is 0 Å². The van der Waals surface area contributed by atoms with Gasteiger partial charge in [0.2, 0.25) is 0 Å². The van der Waals surface area contributed by atoms with E-state index in [9.17, 15) is 4.79 Å². The first-order chi connectivity index (χ1) is 7.65. The molecule has 0 saturated carbocycles. The number of aromatic nitrogens is 1. The number of oxazole rings is 1. The molecule has 0 amide bonds. The van der Waals surface area contributed by atoms with Crippen molar-refractivity contribution in [2.45, 2.75) is 0 Å². The van der Waals surface area contributed by atoms with Gasteiger partial charge in [-0.1, -0.05) is 17.7 Å². The molecule has 0 spiro atoms. The van der Waals surface area contributed by atoms with Crippen molar-refractivity contribution in [2.24, 2.45) is 0 Å². The number of benzene rings is 1. The Kier molecular flexibility index (Phi) is 2.78. The van der Waals surface area contributed by atoms with Crippen molar-refractivity contribution in [3.63, 3.8) is 0 Å². The van der Waals surface area contributed by atoms with Crippen LogP contribution in [0.4, 0.5) is 0 Å². The smallest absolute Gasteiger partial charge is 0.399 e. The topological polar surface area (TPSA) is 72.6 Å². The number of hydrogen-bond donors (Lipinski definition) is 1. The van der Waals surface area contributed by atoms with Gasteiger partial charge in [0.15, 0.2) is 5.69 Å². The number of carbonyl (C=O) groups is 1. The van der Waals surface area contributed by atoms with Gasteiger partial charge in [-0.25, -0.2) is 4.79 Å². The van der Waals surface area contributed by atoms with Gasteiger partial charge in [-0.3, -0.25) is 0 Å². The minimum absolute atomic E-state index is 0.139. The van der Waals surface area contributed by atoms with Crippen LogP contribution in [0.3, 0.4) is 0 Å². The van der Waals surface area contributed by atoms with E-state index in [-0.39, 0.29) is 11.8 Å². The largest absolute Gasteiger partial charge is 0.476 e. The highest BCUT2D eigenvalue weighted by Gasteiger charge is 2.11. The summed E-state index contributed by atoms with van der Waals surface area (Å²) in [5.74, 6) is -0.754. The third kappa shape index (κ3) is 2.32. The predicted octanol–water partition coefficient (Wildman–Crippen LogP) is 2.82. The number of carboxylic acid groups (broad SMARTS) is 1. The van der Waals surface area contributed by atoms with Crippen molar-refractivity contribution >= 4 is 17.6 Å². The third-order valence-electron chi connectivity index (χ3n) is 1.70. The Morgan fingerprint density at radius 3 is 2.94 bits per heavy atom. The molecule has 6 heteroatoms. The number of halogens is 1. The maximum Gasteiger partial charge on any atom is 0.399 e. The van der Waals surface area contributed by atoms with Gasteiger partial charge in [0.1, 0.15) is 12.0 Å². The van der Waals surface area contributed by atoms with Crippen LogP contribution in [0.2, 0.25) is 5.02 Å². The Bertz CT molecular complexity index is 523. The Morgan fingerprint density at radius 2 is 2.31 bits per heavy atom. The van der Waals surface area contributed by atoms with Crippen molar-refractivity contribution < 1.29 is 19.1 Å². The van der Waals surface area contributed by atoms with Crippen molar-refractivity contribution in [2.75, 3.05) is 0 Å². The summed E-state index contributed by atoms with van der Waals surface area (Å²) in [6.45, 7) is 0. The maximum absolute atomic E-state index is 10.5. The molecule has 0 aliphatic carbocycles. The minimum Gasteiger partial charge on any atom is -0.476 e. The zero-order valence-corrected chi connectivity index (χ0v) is 8.64. The monoisotopic (exact) mass is 239 g/mol. The average Bonchev–Trinajstić information content (AvgIpc) is 2.66. The second-order valence-electron chi connectivity index (χ2n) is 2.86. The van der Waals surface area contributed by atoms with Gasteiger partial charge >= 0.3 is 12.0 Å². The lowest BCUT2D eigenvalue weighted by molar-refractivity contribution is 0.0690. The quantitative estimate of drug-likeness (QED) is 0.892. The Balaban J connectivity index is 2.17. The number of ether oxygens (including phenoxy) is 1. The van der Waals surface area contributed by atoms with Crippen LogP contribution < -0.4 is 4.74 Å². The summed E-state index contributed by atoms with van der Waals surface area (Å²) in [6.07, 6.45) is 0.863. The van der Waals surface area contributed by atoms with E-state index in [1.165, 1.54) is 0 Å². The zero-order valence-electron chi connectivity index (χ0n) is 7.88.